The van der Waals surface area contributed by atoms with Crippen LogP contribution in [-0.4, -0.2) is 4.92 Å². The van der Waals surface area contributed by atoms with Gasteiger partial charge in [0.2, 0.25) is 0 Å². The summed E-state index contributed by atoms with van der Waals surface area (Å²) in [5.41, 5.74) is 6.69. The highest BCUT2D eigenvalue weighted by atomic mass is 35.5. The fraction of sp³-hybridized carbons (Fsp3) is 0.500. The maximum Gasteiger partial charge on any atom is 0.288 e. The Kier molecular flexibility index (Phi) is 5.38. The van der Waals surface area contributed by atoms with Gasteiger partial charge in [-0.2, -0.15) is 0 Å². The summed E-state index contributed by atoms with van der Waals surface area (Å²) in [4.78, 5) is 10.3. The molecular weight excluding hydrogens is 240 g/mol. The molecule has 0 spiro atoms. The molecular formula is C12H17ClN2O2. The number of nitrogens with two attached hydrogens (primary N) is 1. The van der Waals surface area contributed by atoms with Crippen LogP contribution in [0.3, 0.4) is 0 Å². The molecule has 0 amide bonds. The lowest BCUT2D eigenvalue weighted by atomic mass is 10.0. The molecule has 0 unspecified atom stereocenters. The molecule has 2 N–H and O–H groups in total. The smallest absolute Gasteiger partial charge is 0.288 e. The molecule has 0 bridgehead atoms. The highest BCUT2D eigenvalue weighted by molar-refractivity contribution is 6.32. The number of rotatable bonds is 6. The van der Waals surface area contributed by atoms with E-state index in [1.807, 2.05) is 0 Å². The van der Waals surface area contributed by atoms with E-state index in [0.29, 0.717) is 0 Å². The van der Waals surface area contributed by atoms with E-state index in [0.717, 1.165) is 31.2 Å². The fourth-order valence-electron chi connectivity index (χ4n) is 1.68. The zero-order valence-electron chi connectivity index (χ0n) is 9.86. The van der Waals surface area contributed by atoms with Crippen molar-refractivity contribution in [3.8, 4) is 0 Å². The Morgan fingerprint density at radius 3 is 2.76 bits per heavy atom. The summed E-state index contributed by atoms with van der Waals surface area (Å²) < 4.78 is 0. The van der Waals surface area contributed by atoms with Gasteiger partial charge in [0.15, 0.2) is 0 Å². The summed E-state index contributed by atoms with van der Waals surface area (Å²) in [5.74, 6) is 0. The fourth-order valence-corrected chi connectivity index (χ4v) is 1.87. The lowest BCUT2D eigenvalue weighted by Crippen LogP contribution is -2.10. The van der Waals surface area contributed by atoms with E-state index < -0.39 is 4.92 Å². The molecule has 0 radical (unpaired) electrons. The molecule has 0 heterocycles. The van der Waals surface area contributed by atoms with Gasteiger partial charge in [0.1, 0.15) is 5.02 Å². The van der Waals surface area contributed by atoms with Crippen LogP contribution in [0.25, 0.3) is 0 Å². The standard InChI is InChI=1S/C12H17ClN2O2/c1-2-3-4-5-11(14)9-6-7-10(13)12(8-9)15(16)17/h6-8,11H,2-5,14H2,1H3/t11-/m1/s1. The Bertz CT molecular complexity index is 396. The van der Waals surface area contributed by atoms with E-state index >= 15 is 0 Å². The van der Waals surface area contributed by atoms with Crippen LogP contribution in [0.15, 0.2) is 18.2 Å². The summed E-state index contributed by atoms with van der Waals surface area (Å²) in [7, 11) is 0. The highest BCUT2D eigenvalue weighted by Gasteiger charge is 2.15. The monoisotopic (exact) mass is 256 g/mol. The molecule has 0 fully saturated rings. The summed E-state index contributed by atoms with van der Waals surface area (Å²) in [6, 6.07) is 4.61. The Morgan fingerprint density at radius 2 is 2.18 bits per heavy atom. The molecule has 5 heteroatoms. The normalized spacial score (nSPS) is 12.4. The van der Waals surface area contributed by atoms with Gasteiger partial charge in [0.25, 0.3) is 5.69 Å². The first-order valence-electron chi connectivity index (χ1n) is 5.75. The van der Waals surface area contributed by atoms with Gasteiger partial charge in [-0.05, 0) is 18.1 Å². The van der Waals surface area contributed by atoms with Gasteiger partial charge in [-0.3, -0.25) is 10.1 Å². The molecule has 1 rings (SSSR count). The predicted molar refractivity (Wildman–Crippen MR) is 69.2 cm³/mol. The van der Waals surface area contributed by atoms with Gasteiger partial charge >= 0.3 is 0 Å². The number of hydrogen-bond donors (Lipinski definition) is 1. The minimum Gasteiger partial charge on any atom is -0.324 e. The van der Waals surface area contributed by atoms with Gasteiger partial charge in [-0.15, -0.1) is 0 Å². The molecule has 94 valence electrons. The maximum atomic E-state index is 10.7. The van der Waals surface area contributed by atoms with Crippen molar-refractivity contribution in [2.45, 2.75) is 38.6 Å². The van der Waals surface area contributed by atoms with Crippen LogP contribution >= 0.6 is 11.6 Å². The first-order valence-corrected chi connectivity index (χ1v) is 6.13. The van der Waals surface area contributed by atoms with E-state index in [4.69, 9.17) is 17.3 Å². The van der Waals surface area contributed by atoms with Gasteiger partial charge < -0.3 is 5.73 Å². The van der Waals surface area contributed by atoms with E-state index in [9.17, 15) is 10.1 Å². The third kappa shape index (κ3) is 3.98. The third-order valence-corrected chi connectivity index (χ3v) is 3.03. The quantitative estimate of drug-likeness (QED) is 0.478. The third-order valence-electron chi connectivity index (χ3n) is 2.71. The number of nitro benzene ring substituents is 1. The number of benzene rings is 1. The van der Waals surface area contributed by atoms with Crippen LogP contribution in [0.1, 0.15) is 44.2 Å². The lowest BCUT2D eigenvalue weighted by Gasteiger charge is -2.11. The van der Waals surface area contributed by atoms with Crippen molar-refractivity contribution in [1.82, 2.24) is 0 Å². The molecule has 0 saturated heterocycles. The number of nitro groups is 1. The second-order valence-electron chi connectivity index (χ2n) is 4.07. The Balaban J connectivity index is 2.77. The molecule has 0 aliphatic heterocycles. The molecule has 0 aliphatic carbocycles. The molecule has 1 atom stereocenters. The van der Waals surface area contributed by atoms with Crippen molar-refractivity contribution >= 4 is 17.3 Å². The molecule has 4 nitrogen and oxygen atoms in total. The summed E-state index contributed by atoms with van der Waals surface area (Å²) in [5, 5.41) is 10.9. The summed E-state index contributed by atoms with van der Waals surface area (Å²) in [6.45, 7) is 2.12. The zero-order valence-corrected chi connectivity index (χ0v) is 10.6. The summed E-state index contributed by atoms with van der Waals surface area (Å²) >= 11 is 5.74. The average molecular weight is 257 g/mol. The Hall–Kier alpha value is -1.13. The van der Waals surface area contributed by atoms with Gasteiger partial charge in [-0.1, -0.05) is 43.9 Å². The SMILES string of the molecule is CCCCC[C@@H](N)c1ccc(Cl)c([N+](=O)[O-])c1. The largest absolute Gasteiger partial charge is 0.324 e. The molecule has 17 heavy (non-hydrogen) atoms. The van der Waals surface area contributed by atoms with Crippen molar-refractivity contribution in [2.75, 3.05) is 0 Å². The van der Waals surface area contributed by atoms with Crippen LogP contribution in [0.4, 0.5) is 5.69 Å². The van der Waals surface area contributed by atoms with E-state index in [2.05, 4.69) is 6.92 Å². The van der Waals surface area contributed by atoms with Crippen molar-refractivity contribution in [2.24, 2.45) is 5.73 Å². The Labute approximate surface area is 106 Å². The summed E-state index contributed by atoms with van der Waals surface area (Å²) in [6.07, 6.45) is 4.14. The van der Waals surface area contributed by atoms with Crippen LogP contribution in [0.5, 0.6) is 0 Å². The molecule has 0 saturated carbocycles. The van der Waals surface area contributed by atoms with E-state index in [1.54, 1.807) is 6.07 Å². The molecule has 0 aliphatic rings. The van der Waals surface area contributed by atoms with Gasteiger partial charge in [-0.25, -0.2) is 0 Å². The minimum atomic E-state index is -0.482. The van der Waals surface area contributed by atoms with Crippen molar-refractivity contribution in [3.63, 3.8) is 0 Å². The minimum absolute atomic E-state index is 0.0740. The number of halogens is 1. The molecule has 0 aromatic heterocycles. The van der Waals surface area contributed by atoms with Crippen LogP contribution in [0.2, 0.25) is 5.02 Å². The van der Waals surface area contributed by atoms with E-state index in [1.165, 1.54) is 12.1 Å². The first-order chi connectivity index (χ1) is 8.06. The van der Waals surface area contributed by atoms with Crippen molar-refractivity contribution in [1.29, 1.82) is 0 Å². The van der Waals surface area contributed by atoms with Crippen LogP contribution < -0.4 is 5.73 Å². The topological polar surface area (TPSA) is 69.2 Å². The Morgan fingerprint density at radius 1 is 1.47 bits per heavy atom. The predicted octanol–water partition coefficient (Wildman–Crippen LogP) is 3.83. The second kappa shape index (κ2) is 6.57. The van der Waals surface area contributed by atoms with Crippen LogP contribution in [-0.2, 0) is 0 Å². The first kappa shape index (κ1) is 13.9. The van der Waals surface area contributed by atoms with Gasteiger partial charge in [0, 0.05) is 12.1 Å². The van der Waals surface area contributed by atoms with Gasteiger partial charge in [0.05, 0.1) is 4.92 Å². The number of nitrogens with zero attached hydrogens (tertiary/aromatic N) is 1. The zero-order chi connectivity index (χ0) is 12.8. The maximum absolute atomic E-state index is 10.7. The lowest BCUT2D eigenvalue weighted by molar-refractivity contribution is -0.384. The highest BCUT2D eigenvalue weighted by Crippen LogP contribution is 2.28. The second-order valence-corrected chi connectivity index (χ2v) is 4.48. The van der Waals surface area contributed by atoms with Crippen molar-refractivity contribution in [3.05, 3.63) is 38.9 Å². The van der Waals surface area contributed by atoms with E-state index in [-0.39, 0.29) is 16.8 Å². The number of hydrogen-bond acceptors (Lipinski definition) is 3. The molecule has 1 aromatic rings. The number of unbranched alkanes of at least 4 members (excludes halogenated alkanes) is 2. The van der Waals surface area contributed by atoms with Crippen LogP contribution in [0, 0.1) is 10.1 Å². The average Bonchev–Trinajstić information content (AvgIpc) is 2.29. The van der Waals surface area contributed by atoms with Crippen molar-refractivity contribution < 1.29 is 4.92 Å². The molecule has 1 aromatic carbocycles.